The van der Waals surface area contributed by atoms with Crippen molar-refractivity contribution >= 4 is 5.91 Å². The third kappa shape index (κ3) is 54.0. The maximum absolute atomic E-state index is 13.4. The highest BCUT2D eigenvalue weighted by Crippen LogP contribution is 2.30. The molecule has 14 heteroatoms. The standard InChI is InChI=1S/C89H157NO13/c1-3-5-7-9-11-13-15-17-19-21-23-25-27-29-31-33-35-37-38-39-40-41-43-45-47-49-51-53-55-57-59-61-63-65-67-69-71-73-81(94)90-77(76-100-88-86(99)84(97)87(80(75-92)102-88)103-89-85(98)83(96)82(95)79(74-91)101-89)78(93)72-70-68-66-64-62-60-58-56-54-52-50-48-46-44-42-36-34-32-30-28-26-24-22-20-18-16-14-12-10-8-6-4-2/h5,7,11,13,17,19,23,25,29,31,35,37,39-40,43,45,70,72,77-80,82-89,91-93,95-99H,3-4,6,8-10,12,14-16,18,20-22,24,26-28,30,32-34,36,38,41-42,44,46-69,71,73-76H2,1-2H3,(H,90,94)/b7-5-,13-11-,19-17-,25-23-,31-29-,37-35-,40-39-,45-43-,72-70+. The van der Waals surface area contributed by atoms with Crippen molar-refractivity contribution < 1.29 is 64.6 Å². The van der Waals surface area contributed by atoms with Gasteiger partial charge in [0, 0.05) is 6.42 Å². The van der Waals surface area contributed by atoms with Gasteiger partial charge in [-0.25, -0.2) is 0 Å². The summed E-state index contributed by atoms with van der Waals surface area (Å²) < 4.78 is 22.9. The zero-order chi connectivity index (χ0) is 74.4. The number of allylic oxidation sites excluding steroid dienone is 17. The van der Waals surface area contributed by atoms with Gasteiger partial charge < -0.3 is 65.1 Å². The SMILES string of the molecule is CC/C=C\C/C=C\C/C=C\C/C=C\C/C=C\C/C=C\C/C=C\C/C=C\CCCCCCCCCCCCCCC(=O)NC(COC1OC(CO)C(OC2OC(CO)C(O)C(O)C2O)C(O)C1O)C(O)/C=C/CCCCCCCCCCCCCCCCCCCCCCCCCCCCCCCC. The van der Waals surface area contributed by atoms with Crippen LogP contribution in [0.2, 0.25) is 0 Å². The molecule has 0 radical (unpaired) electrons. The van der Waals surface area contributed by atoms with Crippen LogP contribution in [0.3, 0.4) is 0 Å². The predicted octanol–water partition coefficient (Wildman–Crippen LogP) is 20.2. The maximum atomic E-state index is 13.4. The van der Waals surface area contributed by atoms with Gasteiger partial charge in [0.1, 0.15) is 48.8 Å². The van der Waals surface area contributed by atoms with Crippen molar-refractivity contribution in [2.75, 3.05) is 19.8 Å². The topological polar surface area (TPSA) is 228 Å². The molecule has 9 N–H and O–H groups in total. The Morgan fingerprint density at radius 3 is 1.03 bits per heavy atom. The van der Waals surface area contributed by atoms with Gasteiger partial charge in [0.2, 0.25) is 5.91 Å². The van der Waals surface area contributed by atoms with Crippen LogP contribution in [0.25, 0.3) is 0 Å². The number of aliphatic hydroxyl groups excluding tert-OH is 8. The molecule has 0 saturated carbocycles. The Labute approximate surface area is 629 Å². The Hall–Kier alpha value is -3.35. The van der Waals surface area contributed by atoms with E-state index in [4.69, 9.17) is 18.9 Å². The molecule has 2 heterocycles. The van der Waals surface area contributed by atoms with Gasteiger partial charge in [0.25, 0.3) is 0 Å². The average Bonchev–Trinajstić information content (AvgIpc) is 0.791. The van der Waals surface area contributed by atoms with E-state index < -0.39 is 86.8 Å². The van der Waals surface area contributed by atoms with Crippen LogP contribution in [0.15, 0.2) is 109 Å². The van der Waals surface area contributed by atoms with E-state index >= 15 is 0 Å². The molecule has 103 heavy (non-hydrogen) atoms. The second-order valence-corrected chi connectivity index (χ2v) is 29.6. The third-order valence-electron chi connectivity index (χ3n) is 20.2. The molecule has 1 amide bonds. The fraction of sp³-hybridized carbons (Fsp3) is 0.787. The highest BCUT2D eigenvalue weighted by molar-refractivity contribution is 5.76. The number of carbonyl (C=O) groups is 1. The number of nitrogens with one attached hydrogen (secondary N) is 1. The Morgan fingerprint density at radius 2 is 0.670 bits per heavy atom. The normalized spacial score (nSPS) is 22.1. The van der Waals surface area contributed by atoms with Gasteiger partial charge in [-0.3, -0.25) is 4.79 Å². The van der Waals surface area contributed by atoms with Crippen molar-refractivity contribution in [2.24, 2.45) is 0 Å². The lowest BCUT2D eigenvalue weighted by atomic mass is 9.97. The summed E-state index contributed by atoms with van der Waals surface area (Å²) in [4.78, 5) is 13.4. The molecule has 2 saturated heterocycles. The minimum Gasteiger partial charge on any atom is -0.394 e. The molecule has 12 atom stereocenters. The largest absolute Gasteiger partial charge is 0.394 e. The van der Waals surface area contributed by atoms with Crippen molar-refractivity contribution in [3.63, 3.8) is 0 Å². The second-order valence-electron chi connectivity index (χ2n) is 29.6. The number of unbranched alkanes of at least 4 members (excludes halogenated alkanes) is 42. The summed E-state index contributed by atoms with van der Waals surface area (Å²) in [6.07, 6.45) is 87.4. The zero-order valence-electron chi connectivity index (χ0n) is 65.5. The van der Waals surface area contributed by atoms with Crippen LogP contribution in [0.1, 0.15) is 354 Å². The first-order valence-corrected chi connectivity index (χ1v) is 42.6. The molecular formula is C89H157NO13. The van der Waals surface area contributed by atoms with Crippen molar-refractivity contribution in [3.8, 4) is 0 Å². The van der Waals surface area contributed by atoms with E-state index in [1.807, 2.05) is 6.08 Å². The minimum absolute atomic E-state index is 0.241. The molecular weight excluding hydrogens is 1290 g/mol. The summed E-state index contributed by atoms with van der Waals surface area (Å²) >= 11 is 0. The quantitative estimate of drug-likeness (QED) is 0.0204. The van der Waals surface area contributed by atoms with E-state index in [-0.39, 0.29) is 18.9 Å². The first-order valence-electron chi connectivity index (χ1n) is 42.6. The smallest absolute Gasteiger partial charge is 0.220 e. The summed E-state index contributed by atoms with van der Waals surface area (Å²) in [6.45, 7) is 2.73. The Bertz CT molecular complexity index is 2150. The molecule has 0 aliphatic carbocycles. The molecule has 0 aromatic rings. The molecule has 14 nitrogen and oxygen atoms in total. The van der Waals surface area contributed by atoms with Crippen LogP contribution < -0.4 is 5.32 Å². The van der Waals surface area contributed by atoms with Crippen molar-refractivity contribution in [1.82, 2.24) is 5.32 Å². The fourth-order valence-corrected chi connectivity index (χ4v) is 13.5. The number of rotatable bonds is 71. The average molecular weight is 1450 g/mol. The van der Waals surface area contributed by atoms with Crippen LogP contribution >= 0.6 is 0 Å². The summed E-state index contributed by atoms with van der Waals surface area (Å²) in [5, 5.41) is 87.8. The molecule has 2 aliphatic rings. The van der Waals surface area contributed by atoms with Gasteiger partial charge in [-0.1, -0.05) is 374 Å². The predicted molar refractivity (Wildman–Crippen MR) is 429 cm³/mol. The molecule has 0 aromatic heterocycles. The monoisotopic (exact) mass is 1450 g/mol. The van der Waals surface area contributed by atoms with Gasteiger partial charge in [-0.15, -0.1) is 0 Å². The molecule has 2 rings (SSSR count). The van der Waals surface area contributed by atoms with Crippen molar-refractivity contribution in [2.45, 2.75) is 428 Å². The van der Waals surface area contributed by atoms with Crippen molar-refractivity contribution in [1.29, 1.82) is 0 Å². The first kappa shape index (κ1) is 95.7. The number of aliphatic hydroxyl groups is 8. The zero-order valence-corrected chi connectivity index (χ0v) is 65.5. The lowest BCUT2D eigenvalue weighted by Crippen LogP contribution is -2.65. The fourth-order valence-electron chi connectivity index (χ4n) is 13.5. The number of carbonyl (C=O) groups excluding carboxylic acids is 1. The molecule has 12 unspecified atom stereocenters. The van der Waals surface area contributed by atoms with E-state index in [1.165, 1.54) is 231 Å². The van der Waals surface area contributed by atoms with E-state index in [1.54, 1.807) is 6.08 Å². The lowest BCUT2D eigenvalue weighted by molar-refractivity contribution is -0.359. The number of hydrogen-bond donors (Lipinski definition) is 9. The van der Waals surface area contributed by atoms with Gasteiger partial charge >= 0.3 is 0 Å². The van der Waals surface area contributed by atoms with Crippen LogP contribution in [-0.2, 0) is 23.7 Å². The highest BCUT2D eigenvalue weighted by atomic mass is 16.7. The number of ether oxygens (including phenoxy) is 4. The Morgan fingerprint density at radius 1 is 0.359 bits per heavy atom. The van der Waals surface area contributed by atoms with Gasteiger partial charge in [0.05, 0.1) is 32.0 Å². The number of amides is 1. The Kier molecular flexibility index (Phi) is 66.5. The summed E-state index contributed by atoms with van der Waals surface area (Å²) in [5.74, 6) is -0.241. The third-order valence-corrected chi connectivity index (χ3v) is 20.2. The van der Waals surface area contributed by atoms with Crippen LogP contribution in [0.5, 0.6) is 0 Å². The lowest BCUT2D eigenvalue weighted by Gasteiger charge is -2.46. The van der Waals surface area contributed by atoms with Gasteiger partial charge in [0.15, 0.2) is 12.6 Å². The van der Waals surface area contributed by atoms with E-state index in [0.717, 1.165) is 96.3 Å². The Balaban J connectivity index is 1.61. The number of hydrogen-bond acceptors (Lipinski definition) is 13. The van der Waals surface area contributed by atoms with Crippen molar-refractivity contribution in [3.05, 3.63) is 109 Å². The second kappa shape index (κ2) is 71.6. The molecule has 0 spiro atoms. The van der Waals surface area contributed by atoms with E-state index in [2.05, 4.69) is 116 Å². The van der Waals surface area contributed by atoms with Crippen LogP contribution in [0.4, 0.5) is 0 Å². The van der Waals surface area contributed by atoms with E-state index in [9.17, 15) is 45.6 Å². The molecule has 0 aromatic carbocycles. The molecule has 0 bridgehead atoms. The highest BCUT2D eigenvalue weighted by Gasteiger charge is 2.51. The molecule has 596 valence electrons. The summed E-state index contributed by atoms with van der Waals surface area (Å²) in [5.41, 5.74) is 0. The summed E-state index contributed by atoms with van der Waals surface area (Å²) in [6, 6.07) is -0.925. The van der Waals surface area contributed by atoms with Crippen LogP contribution in [0, 0.1) is 0 Å². The molecule has 2 fully saturated rings. The minimum atomic E-state index is -1.79. The van der Waals surface area contributed by atoms with Crippen LogP contribution in [-0.4, -0.2) is 140 Å². The summed E-state index contributed by atoms with van der Waals surface area (Å²) in [7, 11) is 0. The van der Waals surface area contributed by atoms with Gasteiger partial charge in [-0.2, -0.15) is 0 Å². The molecule has 2 aliphatic heterocycles. The maximum Gasteiger partial charge on any atom is 0.220 e. The van der Waals surface area contributed by atoms with E-state index in [0.29, 0.717) is 6.42 Å². The van der Waals surface area contributed by atoms with Gasteiger partial charge in [-0.05, 0) is 83.5 Å². The first-order chi connectivity index (χ1) is 50.6.